The number of furan rings is 1. The molecular weight excluding hydrogens is 416 g/mol. The summed E-state index contributed by atoms with van der Waals surface area (Å²) in [5, 5.41) is 6.34. The van der Waals surface area contributed by atoms with Gasteiger partial charge in [0.25, 0.3) is 5.91 Å². The second-order valence-corrected chi connectivity index (χ2v) is 7.42. The molecule has 1 aromatic heterocycles. The molecule has 1 aliphatic heterocycles. The maximum absolute atomic E-state index is 13.0. The number of hydrazone groups is 1. The van der Waals surface area contributed by atoms with E-state index >= 15 is 0 Å². The second kappa shape index (κ2) is 8.24. The highest BCUT2D eigenvalue weighted by molar-refractivity contribution is 6.34. The molecule has 0 atom stereocenters. The van der Waals surface area contributed by atoms with E-state index in [2.05, 4.69) is 5.10 Å². The fourth-order valence-electron chi connectivity index (χ4n) is 3.29. The van der Waals surface area contributed by atoms with E-state index in [0.717, 1.165) is 11.1 Å². The lowest BCUT2D eigenvalue weighted by Gasteiger charge is -2.15. The zero-order valence-corrected chi connectivity index (χ0v) is 17.9. The monoisotopic (exact) mass is 434 g/mol. The molecule has 0 bridgehead atoms. The average Bonchev–Trinajstić information content (AvgIpc) is 3.35. The number of carbonyl (C=O) groups excluding carboxylic acids is 2. The normalized spacial score (nSPS) is 14.8. The molecule has 2 heterocycles. The van der Waals surface area contributed by atoms with Gasteiger partial charge in [0, 0.05) is 10.6 Å². The number of methoxy groups -OCH3 is 1. The lowest BCUT2D eigenvalue weighted by Crippen LogP contribution is -2.22. The Kier molecular flexibility index (Phi) is 5.48. The average molecular weight is 435 g/mol. The van der Waals surface area contributed by atoms with Crippen molar-refractivity contribution in [3.63, 3.8) is 0 Å². The number of halogens is 1. The molecule has 0 spiro atoms. The Hall–Kier alpha value is -3.64. The van der Waals surface area contributed by atoms with Gasteiger partial charge in [-0.25, -0.2) is 4.79 Å². The molecule has 0 N–H and O–H groups in total. The molecule has 156 valence electrons. The molecule has 0 aliphatic carbocycles. The van der Waals surface area contributed by atoms with Gasteiger partial charge in [-0.05, 0) is 61.9 Å². The Morgan fingerprint density at radius 1 is 1.10 bits per heavy atom. The number of carbonyl (C=O) groups is 2. The van der Waals surface area contributed by atoms with E-state index in [1.54, 1.807) is 55.5 Å². The van der Waals surface area contributed by atoms with Crippen LogP contribution in [0.4, 0.5) is 5.69 Å². The van der Waals surface area contributed by atoms with Crippen molar-refractivity contribution in [1.29, 1.82) is 0 Å². The van der Waals surface area contributed by atoms with Gasteiger partial charge in [-0.15, -0.1) is 0 Å². The fourth-order valence-corrected chi connectivity index (χ4v) is 3.46. The number of rotatable bonds is 4. The topological polar surface area (TPSA) is 72.1 Å². The zero-order chi connectivity index (χ0) is 22.1. The lowest BCUT2D eigenvalue weighted by atomic mass is 10.1. The predicted octanol–water partition coefficient (Wildman–Crippen LogP) is 5.50. The number of hydrogen-bond donors (Lipinski definition) is 0. The van der Waals surface area contributed by atoms with Crippen LogP contribution >= 0.6 is 11.6 Å². The van der Waals surface area contributed by atoms with Crippen LogP contribution in [0.3, 0.4) is 0 Å². The van der Waals surface area contributed by atoms with Crippen molar-refractivity contribution >= 4 is 41.0 Å². The SMILES string of the molecule is COC(=O)c1ccc(-c2ccc(/C=C3/C(=O)N(c4cccc(Cl)c4C)N=C3C)o2)cc1. The third-order valence-corrected chi connectivity index (χ3v) is 5.44. The number of ether oxygens (including phenoxy) is 1. The van der Waals surface area contributed by atoms with E-state index in [-0.39, 0.29) is 5.91 Å². The minimum atomic E-state index is -0.398. The van der Waals surface area contributed by atoms with E-state index in [0.29, 0.717) is 39.1 Å². The summed E-state index contributed by atoms with van der Waals surface area (Å²) in [6.07, 6.45) is 1.67. The van der Waals surface area contributed by atoms with Crippen molar-refractivity contribution in [3.05, 3.63) is 82.1 Å². The summed E-state index contributed by atoms with van der Waals surface area (Å²) in [5.41, 5.74) is 3.72. The van der Waals surface area contributed by atoms with Crippen molar-refractivity contribution in [2.75, 3.05) is 12.1 Å². The highest BCUT2D eigenvalue weighted by atomic mass is 35.5. The van der Waals surface area contributed by atoms with Crippen molar-refractivity contribution in [2.45, 2.75) is 13.8 Å². The Morgan fingerprint density at radius 2 is 1.84 bits per heavy atom. The van der Waals surface area contributed by atoms with Gasteiger partial charge in [0.1, 0.15) is 11.5 Å². The minimum Gasteiger partial charge on any atom is -0.465 e. The summed E-state index contributed by atoms with van der Waals surface area (Å²) in [5.74, 6) is 0.495. The van der Waals surface area contributed by atoms with E-state index < -0.39 is 5.97 Å². The van der Waals surface area contributed by atoms with Crippen LogP contribution in [-0.4, -0.2) is 24.7 Å². The van der Waals surface area contributed by atoms with Gasteiger partial charge in [0.2, 0.25) is 0 Å². The molecule has 6 nitrogen and oxygen atoms in total. The second-order valence-electron chi connectivity index (χ2n) is 7.02. The van der Waals surface area contributed by atoms with Crippen molar-refractivity contribution in [3.8, 4) is 11.3 Å². The van der Waals surface area contributed by atoms with Gasteiger partial charge >= 0.3 is 5.97 Å². The summed E-state index contributed by atoms with van der Waals surface area (Å²) < 4.78 is 10.6. The van der Waals surface area contributed by atoms with Gasteiger partial charge in [-0.3, -0.25) is 4.79 Å². The van der Waals surface area contributed by atoms with E-state index in [9.17, 15) is 9.59 Å². The summed E-state index contributed by atoms with van der Waals surface area (Å²) in [6, 6.07) is 15.9. The maximum atomic E-state index is 13.0. The van der Waals surface area contributed by atoms with Crippen molar-refractivity contribution in [2.24, 2.45) is 5.10 Å². The molecule has 0 saturated heterocycles. The van der Waals surface area contributed by atoms with Gasteiger partial charge in [-0.1, -0.05) is 29.8 Å². The molecule has 2 aromatic carbocycles. The summed E-state index contributed by atoms with van der Waals surface area (Å²) >= 11 is 6.20. The maximum Gasteiger partial charge on any atom is 0.337 e. The highest BCUT2D eigenvalue weighted by Gasteiger charge is 2.30. The first-order valence-corrected chi connectivity index (χ1v) is 9.92. The van der Waals surface area contributed by atoms with Crippen LogP contribution in [0.5, 0.6) is 0 Å². The zero-order valence-electron chi connectivity index (χ0n) is 17.2. The fraction of sp³-hybridized carbons (Fsp3) is 0.125. The quantitative estimate of drug-likeness (QED) is 0.401. The summed E-state index contributed by atoms with van der Waals surface area (Å²) in [6.45, 7) is 3.63. The van der Waals surface area contributed by atoms with Crippen LogP contribution in [0, 0.1) is 6.92 Å². The van der Waals surface area contributed by atoms with Crippen LogP contribution in [0.25, 0.3) is 17.4 Å². The van der Waals surface area contributed by atoms with Crippen LogP contribution in [0.1, 0.15) is 28.6 Å². The van der Waals surface area contributed by atoms with Crippen molar-refractivity contribution < 1.29 is 18.7 Å². The largest absolute Gasteiger partial charge is 0.465 e. The third-order valence-electron chi connectivity index (χ3n) is 5.03. The molecule has 4 rings (SSSR count). The predicted molar refractivity (Wildman–Crippen MR) is 120 cm³/mol. The molecule has 0 unspecified atom stereocenters. The summed E-state index contributed by atoms with van der Waals surface area (Å²) in [7, 11) is 1.34. The molecule has 0 radical (unpaired) electrons. The lowest BCUT2D eigenvalue weighted by molar-refractivity contribution is -0.114. The number of amides is 1. The minimum absolute atomic E-state index is 0.247. The first-order valence-electron chi connectivity index (χ1n) is 9.54. The van der Waals surface area contributed by atoms with Gasteiger partial charge < -0.3 is 9.15 Å². The summed E-state index contributed by atoms with van der Waals surface area (Å²) in [4.78, 5) is 24.6. The van der Waals surface area contributed by atoms with Crippen LogP contribution < -0.4 is 5.01 Å². The Balaban J connectivity index is 1.59. The first kappa shape index (κ1) is 20.6. The molecule has 7 heteroatoms. The molecule has 1 aliphatic rings. The Labute approximate surface area is 184 Å². The van der Waals surface area contributed by atoms with Crippen molar-refractivity contribution in [1.82, 2.24) is 0 Å². The highest BCUT2D eigenvalue weighted by Crippen LogP contribution is 2.32. The standard InChI is InChI=1S/C24H19ClN2O4/c1-14-20(25)5-4-6-21(14)27-23(28)19(15(2)26-27)13-18-11-12-22(31-18)16-7-9-17(10-8-16)24(29)30-3/h4-13H,1-3H3/b19-13+. The number of anilines is 1. The molecule has 0 saturated carbocycles. The van der Waals surface area contributed by atoms with Gasteiger partial charge in [-0.2, -0.15) is 10.1 Å². The molecule has 0 fully saturated rings. The van der Waals surface area contributed by atoms with E-state index in [4.69, 9.17) is 20.8 Å². The first-order chi connectivity index (χ1) is 14.9. The van der Waals surface area contributed by atoms with Gasteiger partial charge in [0.15, 0.2) is 0 Å². The van der Waals surface area contributed by atoms with E-state index in [1.165, 1.54) is 12.1 Å². The number of nitrogens with zero attached hydrogens (tertiary/aromatic N) is 2. The van der Waals surface area contributed by atoms with Gasteiger partial charge in [0.05, 0.1) is 29.6 Å². The van der Waals surface area contributed by atoms with E-state index in [1.807, 2.05) is 19.1 Å². The number of esters is 1. The number of hydrogen-bond acceptors (Lipinski definition) is 5. The molecule has 3 aromatic rings. The molecular formula is C24H19ClN2O4. The third kappa shape index (κ3) is 3.90. The van der Waals surface area contributed by atoms with Crippen LogP contribution in [-0.2, 0) is 9.53 Å². The molecule has 31 heavy (non-hydrogen) atoms. The Morgan fingerprint density at radius 3 is 2.55 bits per heavy atom. The number of benzene rings is 2. The van der Waals surface area contributed by atoms with Crippen LogP contribution in [0.15, 0.2) is 69.7 Å². The smallest absolute Gasteiger partial charge is 0.337 e. The molecule has 1 amide bonds. The van der Waals surface area contributed by atoms with Crippen LogP contribution in [0.2, 0.25) is 5.02 Å². The Bertz CT molecular complexity index is 1240.